The first-order valence-electron chi connectivity index (χ1n) is 11.1. The van der Waals surface area contributed by atoms with Crippen LogP contribution >= 0.6 is 11.6 Å². The van der Waals surface area contributed by atoms with Crippen molar-refractivity contribution in [2.45, 2.75) is 45.7 Å². The van der Waals surface area contributed by atoms with Gasteiger partial charge in [0.1, 0.15) is 5.69 Å². The molecule has 0 aliphatic rings. The van der Waals surface area contributed by atoms with Gasteiger partial charge in [0.05, 0.1) is 25.5 Å². The maximum absolute atomic E-state index is 13.1. The summed E-state index contributed by atoms with van der Waals surface area (Å²) in [6.45, 7) is 8.04. The summed E-state index contributed by atoms with van der Waals surface area (Å²) in [4.78, 5) is 25.2. The number of nitrogens with one attached hydrogen (secondary N) is 1. The van der Waals surface area contributed by atoms with Gasteiger partial charge in [-0.3, -0.25) is 9.48 Å². The van der Waals surface area contributed by atoms with E-state index in [9.17, 15) is 14.7 Å². The summed E-state index contributed by atoms with van der Waals surface area (Å²) in [6.07, 6.45) is 0. The quantitative estimate of drug-likeness (QED) is 0.468. The van der Waals surface area contributed by atoms with Gasteiger partial charge in [0.15, 0.2) is 6.04 Å². The van der Waals surface area contributed by atoms with Crippen molar-refractivity contribution >= 4 is 23.5 Å². The molecule has 3 rings (SSSR count). The zero-order chi connectivity index (χ0) is 24.9. The molecule has 8 heteroatoms. The van der Waals surface area contributed by atoms with Crippen molar-refractivity contribution in [1.82, 2.24) is 15.1 Å². The summed E-state index contributed by atoms with van der Waals surface area (Å²) >= 11 is 6.01. The molecule has 1 heterocycles. The summed E-state index contributed by atoms with van der Waals surface area (Å²) in [6, 6.07) is 15.8. The molecule has 7 nitrogen and oxygen atoms in total. The molecule has 0 spiro atoms. The predicted octanol–water partition coefficient (Wildman–Crippen LogP) is 4.20. The molecule has 0 unspecified atom stereocenters. The van der Waals surface area contributed by atoms with E-state index in [0.717, 1.165) is 11.1 Å². The van der Waals surface area contributed by atoms with Crippen LogP contribution in [0.4, 0.5) is 0 Å². The van der Waals surface area contributed by atoms with Crippen LogP contribution in [0.2, 0.25) is 5.02 Å². The lowest BCUT2D eigenvalue weighted by molar-refractivity contribution is -0.146. The highest BCUT2D eigenvalue weighted by Gasteiger charge is 2.25. The summed E-state index contributed by atoms with van der Waals surface area (Å²) in [7, 11) is 0. The minimum absolute atomic E-state index is 0.0312. The van der Waals surface area contributed by atoms with Crippen molar-refractivity contribution in [2.75, 3.05) is 13.2 Å². The SMILES string of the molecule is CCOC(=O)[C@@H](CO)NC(=O)c1cc(-c2ccc(Cl)cc2)nn1Cc1ccc(C(C)(C)C)cc1. The Morgan fingerprint density at radius 2 is 1.76 bits per heavy atom. The molecule has 1 atom stereocenters. The molecular formula is C26H30ClN3O4. The third-order valence-corrected chi connectivity index (χ3v) is 5.62. The number of hydrogen-bond acceptors (Lipinski definition) is 5. The minimum atomic E-state index is -1.17. The molecule has 34 heavy (non-hydrogen) atoms. The molecule has 0 aliphatic heterocycles. The Balaban J connectivity index is 1.94. The minimum Gasteiger partial charge on any atom is -0.464 e. The molecule has 180 valence electrons. The van der Waals surface area contributed by atoms with Gasteiger partial charge in [0, 0.05) is 10.6 Å². The number of hydrogen-bond donors (Lipinski definition) is 2. The van der Waals surface area contributed by atoms with E-state index in [1.54, 1.807) is 29.8 Å². The highest BCUT2D eigenvalue weighted by molar-refractivity contribution is 6.30. The van der Waals surface area contributed by atoms with E-state index in [-0.39, 0.29) is 17.7 Å². The Hall–Kier alpha value is -3.16. The number of halogens is 1. The molecule has 1 amide bonds. The Morgan fingerprint density at radius 3 is 2.32 bits per heavy atom. The fourth-order valence-corrected chi connectivity index (χ4v) is 3.55. The van der Waals surface area contributed by atoms with E-state index in [2.05, 4.69) is 43.3 Å². The lowest BCUT2D eigenvalue weighted by Crippen LogP contribution is -2.45. The van der Waals surface area contributed by atoms with Crippen LogP contribution in [0.25, 0.3) is 11.3 Å². The predicted molar refractivity (Wildman–Crippen MR) is 132 cm³/mol. The van der Waals surface area contributed by atoms with Crippen LogP contribution < -0.4 is 5.32 Å². The zero-order valence-corrected chi connectivity index (χ0v) is 20.6. The van der Waals surface area contributed by atoms with Crippen LogP contribution in [-0.2, 0) is 21.5 Å². The lowest BCUT2D eigenvalue weighted by atomic mass is 9.87. The van der Waals surface area contributed by atoms with Crippen LogP contribution in [0.15, 0.2) is 54.6 Å². The fraction of sp³-hybridized carbons (Fsp3) is 0.346. The molecule has 0 saturated carbocycles. The number of carbonyl (C=O) groups is 2. The van der Waals surface area contributed by atoms with Gasteiger partial charge in [-0.2, -0.15) is 5.10 Å². The molecule has 2 N–H and O–H groups in total. The largest absolute Gasteiger partial charge is 0.464 e. The molecule has 1 aromatic heterocycles. The number of carbonyl (C=O) groups excluding carboxylic acids is 2. The smallest absolute Gasteiger partial charge is 0.331 e. The van der Waals surface area contributed by atoms with Crippen molar-refractivity contribution in [2.24, 2.45) is 0 Å². The first kappa shape index (κ1) is 25.5. The topological polar surface area (TPSA) is 93.4 Å². The maximum Gasteiger partial charge on any atom is 0.331 e. The highest BCUT2D eigenvalue weighted by atomic mass is 35.5. The van der Waals surface area contributed by atoms with E-state index in [4.69, 9.17) is 16.3 Å². The second-order valence-corrected chi connectivity index (χ2v) is 9.42. The molecular weight excluding hydrogens is 454 g/mol. The van der Waals surface area contributed by atoms with Crippen molar-refractivity contribution in [3.05, 3.63) is 76.4 Å². The summed E-state index contributed by atoms with van der Waals surface area (Å²) in [5.74, 6) is -1.23. The van der Waals surface area contributed by atoms with Gasteiger partial charge in [-0.15, -0.1) is 0 Å². The monoisotopic (exact) mass is 483 g/mol. The number of aliphatic hydroxyl groups is 1. The first-order valence-corrected chi connectivity index (χ1v) is 11.5. The summed E-state index contributed by atoms with van der Waals surface area (Å²) in [5.41, 5.74) is 3.85. The number of benzene rings is 2. The van der Waals surface area contributed by atoms with Crippen LogP contribution in [0.3, 0.4) is 0 Å². The third-order valence-electron chi connectivity index (χ3n) is 5.36. The maximum atomic E-state index is 13.1. The van der Waals surface area contributed by atoms with Gasteiger partial charge in [0.2, 0.25) is 0 Å². The molecule has 0 radical (unpaired) electrons. The molecule has 0 bridgehead atoms. The molecule has 0 saturated heterocycles. The average Bonchev–Trinajstić information content (AvgIpc) is 3.21. The Labute approximate surface area is 204 Å². The van der Waals surface area contributed by atoms with Crippen LogP contribution in [0.5, 0.6) is 0 Å². The second-order valence-electron chi connectivity index (χ2n) is 8.99. The second kappa shape index (κ2) is 10.8. The van der Waals surface area contributed by atoms with E-state index < -0.39 is 24.5 Å². The van der Waals surface area contributed by atoms with Crippen LogP contribution in [0, 0.1) is 0 Å². The number of rotatable bonds is 8. The summed E-state index contributed by atoms with van der Waals surface area (Å²) < 4.78 is 6.52. The van der Waals surface area contributed by atoms with Crippen molar-refractivity contribution in [3.63, 3.8) is 0 Å². The Bertz CT molecular complexity index is 1130. The average molecular weight is 484 g/mol. The normalized spacial score (nSPS) is 12.3. The zero-order valence-electron chi connectivity index (χ0n) is 19.8. The van der Waals surface area contributed by atoms with Gasteiger partial charge in [0.25, 0.3) is 5.91 Å². The van der Waals surface area contributed by atoms with Crippen molar-refractivity contribution in [1.29, 1.82) is 0 Å². The van der Waals surface area contributed by atoms with E-state index in [0.29, 0.717) is 17.3 Å². The summed E-state index contributed by atoms with van der Waals surface area (Å²) in [5, 5.41) is 17.4. The highest BCUT2D eigenvalue weighted by Crippen LogP contribution is 2.24. The van der Waals surface area contributed by atoms with Crippen LogP contribution in [0.1, 0.15) is 49.3 Å². The molecule has 0 fully saturated rings. The van der Waals surface area contributed by atoms with E-state index in [1.807, 2.05) is 24.3 Å². The van der Waals surface area contributed by atoms with Gasteiger partial charge in [-0.05, 0) is 41.7 Å². The molecule has 3 aromatic rings. The third kappa shape index (κ3) is 6.24. The molecule has 0 aliphatic carbocycles. The van der Waals surface area contributed by atoms with E-state index in [1.165, 1.54) is 5.56 Å². The number of amides is 1. The number of esters is 1. The molecule has 2 aromatic carbocycles. The van der Waals surface area contributed by atoms with Gasteiger partial charge >= 0.3 is 5.97 Å². The van der Waals surface area contributed by atoms with Gasteiger partial charge in [-0.1, -0.05) is 68.8 Å². The Morgan fingerprint density at radius 1 is 1.12 bits per heavy atom. The van der Waals surface area contributed by atoms with Crippen molar-refractivity contribution < 1.29 is 19.4 Å². The number of nitrogens with zero attached hydrogens (tertiary/aromatic N) is 2. The lowest BCUT2D eigenvalue weighted by Gasteiger charge is -2.19. The number of aliphatic hydroxyl groups excluding tert-OH is 1. The van der Waals surface area contributed by atoms with Crippen LogP contribution in [-0.4, -0.2) is 46.0 Å². The fourth-order valence-electron chi connectivity index (χ4n) is 3.42. The first-order chi connectivity index (χ1) is 16.1. The number of ether oxygens (including phenoxy) is 1. The standard InChI is InChI=1S/C26H30ClN3O4/c1-5-34-25(33)22(16-31)28-24(32)23-14-21(18-8-12-20(27)13-9-18)29-30(23)15-17-6-10-19(11-7-17)26(2,3)4/h6-14,22,31H,5,15-16H2,1-4H3,(H,28,32)/t22-/m1/s1. The van der Waals surface area contributed by atoms with Gasteiger partial charge < -0.3 is 15.2 Å². The van der Waals surface area contributed by atoms with Crippen molar-refractivity contribution in [3.8, 4) is 11.3 Å². The number of aromatic nitrogens is 2. The van der Waals surface area contributed by atoms with Gasteiger partial charge in [-0.25, -0.2) is 4.79 Å². The van der Waals surface area contributed by atoms with E-state index >= 15 is 0 Å². The Kier molecular flexibility index (Phi) is 8.12.